The van der Waals surface area contributed by atoms with Crippen LogP contribution in [0.5, 0.6) is 0 Å². The number of benzene rings is 1. The van der Waals surface area contributed by atoms with Gasteiger partial charge < -0.3 is 30.9 Å². The van der Waals surface area contributed by atoms with Crippen molar-refractivity contribution in [3.05, 3.63) is 54.1 Å². The number of aliphatic carboxylic acids is 1. The topological polar surface area (TPSA) is 191 Å². The lowest BCUT2D eigenvalue weighted by Crippen LogP contribution is -2.49. The largest absolute Gasteiger partial charge is 0.473 e. The summed E-state index contributed by atoms with van der Waals surface area (Å²) in [4.78, 5) is 57.2. The van der Waals surface area contributed by atoms with E-state index in [0.717, 1.165) is 37.8 Å². The number of fused-ring (bicyclic) bond motifs is 1. The molecule has 44 heavy (non-hydrogen) atoms. The highest BCUT2D eigenvalue weighted by atomic mass is 35.5. The van der Waals surface area contributed by atoms with Crippen LogP contribution >= 0.6 is 24.8 Å². The van der Waals surface area contributed by atoms with Gasteiger partial charge in [0.2, 0.25) is 5.91 Å². The Hall–Kier alpha value is -3.94. The van der Waals surface area contributed by atoms with E-state index in [1.54, 1.807) is 30.6 Å². The number of nitrogens with zero attached hydrogens (tertiary/aromatic N) is 4. The quantitative estimate of drug-likeness (QED) is 0.0993. The molecule has 1 unspecified atom stereocenters. The van der Waals surface area contributed by atoms with Crippen molar-refractivity contribution in [1.29, 1.82) is 5.41 Å². The summed E-state index contributed by atoms with van der Waals surface area (Å²) in [6, 6.07) is 7.74. The number of rotatable bonds is 9. The Morgan fingerprint density at radius 2 is 1.77 bits per heavy atom. The number of nitrogens with one attached hydrogen (secondary N) is 3. The number of aromatic nitrogens is 3. The maximum atomic E-state index is 13.4. The zero-order valence-corrected chi connectivity index (χ0v) is 25.7. The molecular weight excluding hydrogens is 611 g/mol. The summed E-state index contributed by atoms with van der Waals surface area (Å²) in [6.07, 6.45) is 9.49. The monoisotopic (exact) mass is 648 g/mol. The highest BCUT2D eigenvalue weighted by Gasteiger charge is 2.38. The van der Waals surface area contributed by atoms with Crippen LogP contribution in [0.3, 0.4) is 0 Å². The number of carboxylic acid groups (broad SMARTS) is 1. The molecule has 0 bridgehead atoms. The van der Waals surface area contributed by atoms with Crippen LogP contribution in [0.15, 0.2) is 42.7 Å². The van der Waals surface area contributed by atoms with Gasteiger partial charge in [-0.2, -0.15) is 0 Å². The number of nitrogens with two attached hydrogens (primary N) is 1. The van der Waals surface area contributed by atoms with Crippen LogP contribution in [0, 0.1) is 5.41 Å². The molecule has 3 aromatic rings. The minimum atomic E-state index is -1.73. The summed E-state index contributed by atoms with van der Waals surface area (Å²) < 4.78 is 0. The van der Waals surface area contributed by atoms with Gasteiger partial charge in [-0.25, -0.2) is 14.6 Å². The molecule has 13 nitrogen and oxygen atoms in total. The number of carbonyl (C=O) groups excluding carboxylic acids is 2. The van der Waals surface area contributed by atoms with Crippen LogP contribution in [0.25, 0.3) is 11.0 Å². The molecule has 1 amide bonds. The number of halogens is 2. The first-order chi connectivity index (χ1) is 20.3. The Morgan fingerprint density at radius 1 is 1.09 bits per heavy atom. The van der Waals surface area contributed by atoms with Crippen molar-refractivity contribution in [2.45, 2.75) is 69.5 Å². The first-order valence-corrected chi connectivity index (χ1v) is 14.3. The van der Waals surface area contributed by atoms with Gasteiger partial charge in [-0.1, -0.05) is 19.3 Å². The van der Waals surface area contributed by atoms with Crippen molar-refractivity contribution in [3.63, 3.8) is 0 Å². The number of hydrogen-bond acceptors (Lipinski definition) is 9. The maximum Gasteiger partial charge on any atom is 0.436 e. The normalized spacial score (nSPS) is 16.4. The highest BCUT2D eigenvalue weighted by Crippen LogP contribution is 2.32. The summed E-state index contributed by atoms with van der Waals surface area (Å²) in [5.74, 6) is -3.15. The molecular formula is C29H38Cl2N8O5. The van der Waals surface area contributed by atoms with Gasteiger partial charge in [0.25, 0.3) is 0 Å². The zero-order chi connectivity index (χ0) is 29.6. The average Bonchev–Trinajstić information content (AvgIpc) is 3.43. The number of amides is 1. The van der Waals surface area contributed by atoms with Crippen LogP contribution in [-0.2, 0) is 19.2 Å². The van der Waals surface area contributed by atoms with E-state index in [2.05, 4.69) is 20.2 Å². The van der Waals surface area contributed by atoms with E-state index in [1.165, 1.54) is 5.06 Å². The van der Waals surface area contributed by atoms with Crippen molar-refractivity contribution in [2.24, 2.45) is 5.73 Å². The predicted octanol–water partition coefficient (Wildman–Crippen LogP) is 3.48. The van der Waals surface area contributed by atoms with E-state index in [9.17, 15) is 19.5 Å². The molecule has 2 aromatic heterocycles. The van der Waals surface area contributed by atoms with E-state index in [0.29, 0.717) is 48.4 Å². The fraction of sp³-hybridized carbons (Fsp3) is 0.448. The number of amidine groups is 1. The molecule has 15 heteroatoms. The summed E-state index contributed by atoms with van der Waals surface area (Å²) in [5, 5.41) is 21.7. The molecule has 1 aliphatic heterocycles. The number of nitrogen functional groups attached to an aromatic ring is 1. The molecule has 6 N–H and O–H groups in total. The first-order valence-electron chi connectivity index (χ1n) is 14.3. The molecule has 0 spiro atoms. The molecule has 3 heterocycles. The second kappa shape index (κ2) is 15.7. The third-order valence-electron chi connectivity index (χ3n) is 8.00. The fourth-order valence-electron chi connectivity index (χ4n) is 5.83. The third-order valence-corrected chi connectivity index (χ3v) is 8.00. The molecule has 2 fully saturated rings. The summed E-state index contributed by atoms with van der Waals surface area (Å²) in [6.45, 7) is 1.25. The highest BCUT2D eigenvalue weighted by molar-refractivity contribution is 6.28. The van der Waals surface area contributed by atoms with Crippen molar-refractivity contribution in [3.8, 4) is 0 Å². The number of anilines is 1. The van der Waals surface area contributed by atoms with Crippen LogP contribution < -0.4 is 16.0 Å². The number of hydroxylamine groups is 2. The van der Waals surface area contributed by atoms with E-state index < -0.39 is 18.0 Å². The van der Waals surface area contributed by atoms with Gasteiger partial charge in [0.05, 0.1) is 23.5 Å². The van der Waals surface area contributed by atoms with Crippen molar-refractivity contribution < 1.29 is 24.3 Å². The van der Waals surface area contributed by atoms with Crippen molar-refractivity contribution in [1.82, 2.24) is 25.3 Å². The molecule has 238 valence electrons. The van der Waals surface area contributed by atoms with Gasteiger partial charge in [-0.3, -0.25) is 15.2 Å². The van der Waals surface area contributed by atoms with Gasteiger partial charge in [0.15, 0.2) is 0 Å². The molecule has 1 saturated carbocycles. The SMILES string of the molecule is Cl.Cl.N=C(N)c1ccc2[nH]c(C(CC(=O)NC3CCCCC3)N(OC(=O)C(=O)O)C3CCN(c4ccncc4)CC3)nc2c1. The molecule has 1 saturated heterocycles. The van der Waals surface area contributed by atoms with E-state index >= 15 is 0 Å². The fourth-order valence-corrected chi connectivity index (χ4v) is 5.83. The van der Waals surface area contributed by atoms with E-state index in [-0.39, 0.29) is 55.1 Å². The summed E-state index contributed by atoms with van der Waals surface area (Å²) in [5.41, 5.74) is 8.34. The number of hydrogen-bond donors (Lipinski definition) is 5. The second-order valence-electron chi connectivity index (χ2n) is 10.9. The molecule has 1 aromatic carbocycles. The van der Waals surface area contributed by atoms with Gasteiger partial charge in [-0.15, -0.1) is 29.9 Å². The lowest BCUT2D eigenvalue weighted by molar-refractivity contribution is -0.224. The van der Waals surface area contributed by atoms with E-state index in [1.807, 2.05) is 12.1 Å². The van der Waals surface area contributed by atoms with E-state index in [4.69, 9.17) is 21.0 Å². The van der Waals surface area contributed by atoms with Crippen LogP contribution in [-0.4, -0.2) is 74.0 Å². The Morgan fingerprint density at radius 3 is 2.41 bits per heavy atom. The Bertz CT molecular complexity index is 1440. The third kappa shape index (κ3) is 8.36. The number of aromatic amines is 1. The number of piperidine rings is 1. The number of carbonyl (C=O) groups is 3. The first kappa shape index (κ1) is 34.5. The van der Waals surface area contributed by atoms with Gasteiger partial charge in [0, 0.05) is 42.8 Å². The lowest BCUT2D eigenvalue weighted by atomic mass is 9.95. The molecule has 0 radical (unpaired) electrons. The lowest BCUT2D eigenvalue weighted by Gasteiger charge is -2.40. The number of H-pyrrole nitrogens is 1. The number of pyridine rings is 1. The maximum absolute atomic E-state index is 13.4. The number of carboxylic acids is 1. The predicted molar refractivity (Wildman–Crippen MR) is 169 cm³/mol. The van der Waals surface area contributed by atoms with Crippen LogP contribution in [0.4, 0.5) is 5.69 Å². The standard InChI is InChI=1S/C29H36N8O5.2ClH/c30-26(31)18-6-7-22-23(16-18)35-27(34-22)24(17-25(38)33-19-4-2-1-3-5-19)37(42-29(41)28(39)40)21-10-14-36(15-11-21)20-8-12-32-13-9-20;;/h6-9,12-13,16,19,21,24H,1-5,10-11,14-15,17H2,(H3,30,31)(H,33,38)(H,34,35)(H,39,40);2*1H. The Balaban J connectivity index is 0.00000264. The molecule has 1 aliphatic carbocycles. The second-order valence-corrected chi connectivity index (χ2v) is 10.9. The van der Waals surface area contributed by atoms with Gasteiger partial charge in [-0.05, 0) is 56.0 Å². The van der Waals surface area contributed by atoms with Crippen LogP contribution in [0.1, 0.15) is 68.8 Å². The molecule has 1 atom stereocenters. The van der Waals surface area contributed by atoms with Crippen molar-refractivity contribution >= 4 is 65.2 Å². The minimum Gasteiger partial charge on any atom is -0.473 e. The van der Waals surface area contributed by atoms with Crippen LogP contribution in [0.2, 0.25) is 0 Å². The van der Waals surface area contributed by atoms with Crippen molar-refractivity contribution in [2.75, 3.05) is 18.0 Å². The minimum absolute atomic E-state index is 0. The summed E-state index contributed by atoms with van der Waals surface area (Å²) in [7, 11) is 0. The van der Waals surface area contributed by atoms with Gasteiger partial charge in [0.1, 0.15) is 17.7 Å². The smallest absolute Gasteiger partial charge is 0.436 e. The number of imidazole rings is 1. The average molecular weight is 650 g/mol. The Kier molecular flexibility index (Phi) is 12.3. The molecule has 5 rings (SSSR count). The zero-order valence-electron chi connectivity index (χ0n) is 24.1. The Labute approximate surface area is 267 Å². The summed E-state index contributed by atoms with van der Waals surface area (Å²) >= 11 is 0. The molecule has 2 aliphatic rings. The van der Waals surface area contributed by atoms with Gasteiger partial charge >= 0.3 is 11.9 Å².